The maximum atomic E-state index is 12.0. The number of aliphatic hydroxyl groups is 2. The molecule has 0 saturated heterocycles. The fourth-order valence-corrected chi connectivity index (χ4v) is 8.98. The van der Waals surface area contributed by atoms with Crippen molar-refractivity contribution in [1.29, 1.82) is 0 Å². The van der Waals surface area contributed by atoms with Crippen molar-refractivity contribution < 1.29 is 24.9 Å². The lowest BCUT2D eigenvalue weighted by molar-refractivity contribution is -0.175. The van der Waals surface area contributed by atoms with E-state index < -0.39 is 5.97 Å². The van der Waals surface area contributed by atoms with E-state index in [0.29, 0.717) is 41.9 Å². The molecule has 4 N–H and O–H groups in total. The summed E-state index contributed by atoms with van der Waals surface area (Å²) in [4.78, 5) is 22.7. The second-order valence-corrected chi connectivity index (χ2v) is 12.1. The van der Waals surface area contributed by atoms with Gasteiger partial charge in [0.25, 0.3) is 0 Å². The van der Waals surface area contributed by atoms with Crippen molar-refractivity contribution in [2.24, 2.45) is 46.3 Å². The topological polar surface area (TPSA) is 107 Å². The zero-order valence-corrected chi connectivity index (χ0v) is 20.1. The van der Waals surface area contributed by atoms with Gasteiger partial charge in [0.15, 0.2) is 0 Å². The fourth-order valence-electron chi connectivity index (χ4n) is 8.98. The minimum atomic E-state index is -1.02. The molecule has 10 atom stereocenters. The van der Waals surface area contributed by atoms with Crippen molar-refractivity contribution in [2.75, 3.05) is 6.54 Å². The molecule has 0 radical (unpaired) electrons. The van der Waals surface area contributed by atoms with E-state index in [4.69, 9.17) is 5.11 Å². The van der Waals surface area contributed by atoms with E-state index in [-0.39, 0.29) is 35.5 Å². The number of carboxylic acid groups (broad SMARTS) is 1. The minimum Gasteiger partial charge on any atom is -0.480 e. The maximum Gasteiger partial charge on any atom is 0.322 e. The van der Waals surface area contributed by atoms with Crippen LogP contribution in [0.2, 0.25) is 0 Å². The summed E-state index contributed by atoms with van der Waals surface area (Å²) in [7, 11) is 0. The lowest BCUT2D eigenvalue weighted by Crippen LogP contribution is -2.58. The van der Waals surface area contributed by atoms with Crippen LogP contribution in [0.25, 0.3) is 0 Å². The van der Waals surface area contributed by atoms with Gasteiger partial charge in [-0.25, -0.2) is 0 Å². The SMILES string of the molecule is C[C@H](CCC(=O)NCC(=O)O)[C@H]1CC[C@H]2[C@@H]3CC[C@@H]4C[C@H](O)CC[C@@]4(C)[C@@H]3C[C@H](O)[C@]12C. The third-order valence-electron chi connectivity index (χ3n) is 10.8. The summed E-state index contributed by atoms with van der Waals surface area (Å²) in [6, 6.07) is 0. The molecule has 0 aromatic rings. The van der Waals surface area contributed by atoms with Gasteiger partial charge >= 0.3 is 5.97 Å². The molecule has 6 nitrogen and oxygen atoms in total. The summed E-state index contributed by atoms with van der Waals surface area (Å²) in [6.45, 7) is 6.65. The third-order valence-corrected chi connectivity index (χ3v) is 10.8. The monoisotopic (exact) mass is 449 g/mol. The molecule has 6 heteroatoms. The second-order valence-electron chi connectivity index (χ2n) is 12.1. The normalized spacial score (nSPS) is 46.5. The van der Waals surface area contributed by atoms with E-state index in [0.717, 1.165) is 44.9 Å². The second kappa shape index (κ2) is 8.90. The van der Waals surface area contributed by atoms with Crippen LogP contribution in [0, 0.1) is 46.3 Å². The number of hydrogen-bond donors (Lipinski definition) is 4. The van der Waals surface area contributed by atoms with Gasteiger partial charge < -0.3 is 20.6 Å². The molecule has 4 fully saturated rings. The summed E-state index contributed by atoms with van der Waals surface area (Å²) in [6.07, 6.45) is 9.12. The smallest absolute Gasteiger partial charge is 0.322 e. The van der Waals surface area contributed by atoms with Crippen LogP contribution in [-0.2, 0) is 9.59 Å². The first-order valence-electron chi connectivity index (χ1n) is 12.9. The van der Waals surface area contributed by atoms with Gasteiger partial charge in [0.05, 0.1) is 12.2 Å². The zero-order chi connectivity index (χ0) is 23.3. The molecule has 0 unspecified atom stereocenters. The molecule has 1 amide bonds. The Morgan fingerprint density at radius 1 is 1.03 bits per heavy atom. The first-order valence-corrected chi connectivity index (χ1v) is 12.9. The van der Waals surface area contributed by atoms with Crippen LogP contribution >= 0.6 is 0 Å². The molecule has 4 rings (SSSR count). The number of rotatable bonds is 6. The van der Waals surface area contributed by atoms with Gasteiger partial charge in [-0.1, -0.05) is 20.8 Å². The van der Waals surface area contributed by atoms with Gasteiger partial charge in [-0.3, -0.25) is 9.59 Å². The standard InChI is InChI=1S/C26H43NO5/c1-15(4-9-23(30)27-14-24(31)32)19-7-8-20-18-6-5-16-12-17(28)10-11-25(16,2)21(18)13-22(29)26(19,20)3/h15-22,28-29H,4-14H2,1-3H3,(H,27,30)(H,31,32)/t15-,16-,17-,18+,19-,20+,21-,22+,25-,26-/m1/s1. The number of aliphatic hydroxyl groups excluding tert-OH is 2. The maximum absolute atomic E-state index is 12.0. The molecule has 0 aromatic carbocycles. The molecule has 182 valence electrons. The van der Waals surface area contributed by atoms with Crippen LogP contribution in [0.4, 0.5) is 0 Å². The van der Waals surface area contributed by atoms with Gasteiger partial charge in [-0.15, -0.1) is 0 Å². The molecule has 4 saturated carbocycles. The van der Waals surface area contributed by atoms with Gasteiger partial charge in [0.2, 0.25) is 5.91 Å². The Morgan fingerprint density at radius 2 is 1.78 bits per heavy atom. The average Bonchev–Trinajstić information content (AvgIpc) is 3.10. The molecular formula is C26H43NO5. The molecule has 4 aliphatic rings. The third kappa shape index (κ3) is 4.00. The molecular weight excluding hydrogens is 406 g/mol. The molecule has 0 bridgehead atoms. The Morgan fingerprint density at radius 3 is 2.50 bits per heavy atom. The summed E-state index contributed by atoms with van der Waals surface area (Å²) in [5.41, 5.74) is 0.145. The number of carboxylic acids is 1. The molecule has 0 spiro atoms. The van der Waals surface area contributed by atoms with E-state index >= 15 is 0 Å². The van der Waals surface area contributed by atoms with E-state index in [1.165, 1.54) is 12.8 Å². The summed E-state index contributed by atoms with van der Waals surface area (Å²) in [5.74, 6) is 1.84. The lowest BCUT2D eigenvalue weighted by atomic mass is 9.43. The Labute approximate surface area is 192 Å². The highest BCUT2D eigenvalue weighted by atomic mass is 16.4. The number of fused-ring (bicyclic) bond motifs is 5. The summed E-state index contributed by atoms with van der Waals surface area (Å²) >= 11 is 0. The summed E-state index contributed by atoms with van der Waals surface area (Å²) < 4.78 is 0. The summed E-state index contributed by atoms with van der Waals surface area (Å²) in [5, 5.41) is 33.0. The van der Waals surface area contributed by atoms with Crippen molar-refractivity contribution in [3.05, 3.63) is 0 Å². The van der Waals surface area contributed by atoms with Crippen LogP contribution in [0.15, 0.2) is 0 Å². The Hall–Kier alpha value is -1.14. The van der Waals surface area contributed by atoms with E-state index in [1.807, 2.05) is 0 Å². The van der Waals surface area contributed by atoms with Crippen LogP contribution in [0.1, 0.15) is 85.0 Å². The first-order chi connectivity index (χ1) is 15.1. The zero-order valence-electron chi connectivity index (χ0n) is 20.1. The van der Waals surface area contributed by atoms with Gasteiger partial charge in [0, 0.05) is 6.42 Å². The number of aliphatic carboxylic acids is 1. The first kappa shape index (κ1) is 24.0. The predicted molar refractivity (Wildman–Crippen MR) is 122 cm³/mol. The highest BCUT2D eigenvalue weighted by Crippen LogP contribution is 2.68. The van der Waals surface area contributed by atoms with Gasteiger partial charge in [-0.2, -0.15) is 0 Å². The Bertz CT molecular complexity index is 727. The average molecular weight is 450 g/mol. The number of hydrogen-bond acceptors (Lipinski definition) is 4. The van der Waals surface area contributed by atoms with Gasteiger partial charge in [0.1, 0.15) is 6.54 Å². The van der Waals surface area contributed by atoms with Crippen molar-refractivity contribution in [3.8, 4) is 0 Å². The lowest BCUT2D eigenvalue weighted by Gasteiger charge is -2.62. The molecule has 0 aromatic heterocycles. The number of amides is 1. The van der Waals surface area contributed by atoms with Crippen LogP contribution in [-0.4, -0.2) is 45.9 Å². The van der Waals surface area contributed by atoms with Crippen molar-refractivity contribution in [3.63, 3.8) is 0 Å². The van der Waals surface area contributed by atoms with Crippen LogP contribution < -0.4 is 5.32 Å². The van der Waals surface area contributed by atoms with E-state index in [2.05, 4.69) is 26.1 Å². The number of carbonyl (C=O) groups is 2. The number of nitrogens with one attached hydrogen (secondary N) is 1. The quantitative estimate of drug-likeness (QED) is 0.496. The highest BCUT2D eigenvalue weighted by molar-refractivity contribution is 5.81. The molecule has 0 aliphatic heterocycles. The molecule has 4 aliphatic carbocycles. The highest BCUT2D eigenvalue weighted by Gasteiger charge is 2.63. The van der Waals surface area contributed by atoms with E-state index in [9.17, 15) is 19.8 Å². The predicted octanol–water partition coefficient (Wildman–Crippen LogP) is 3.59. The Balaban J connectivity index is 1.45. The van der Waals surface area contributed by atoms with Crippen molar-refractivity contribution >= 4 is 11.9 Å². The van der Waals surface area contributed by atoms with Crippen molar-refractivity contribution in [2.45, 2.75) is 97.2 Å². The van der Waals surface area contributed by atoms with Crippen LogP contribution in [0.3, 0.4) is 0 Å². The number of carbonyl (C=O) groups excluding carboxylic acids is 1. The van der Waals surface area contributed by atoms with Crippen LogP contribution in [0.5, 0.6) is 0 Å². The molecule has 0 heterocycles. The van der Waals surface area contributed by atoms with E-state index in [1.54, 1.807) is 0 Å². The van der Waals surface area contributed by atoms with Gasteiger partial charge in [-0.05, 0) is 104 Å². The van der Waals surface area contributed by atoms with Crippen molar-refractivity contribution in [1.82, 2.24) is 5.32 Å². The Kier molecular flexibility index (Phi) is 6.68. The fraction of sp³-hybridized carbons (Fsp3) is 0.923. The largest absolute Gasteiger partial charge is 0.480 e. The molecule has 32 heavy (non-hydrogen) atoms. The minimum absolute atomic E-state index is 0.102.